The van der Waals surface area contributed by atoms with Crippen LogP contribution in [0, 0.1) is 0 Å². The van der Waals surface area contributed by atoms with Crippen LogP contribution in [-0.4, -0.2) is 42.2 Å². The van der Waals surface area contributed by atoms with E-state index in [1.807, 2.05) is 12.1 Å². The second-order valence-electron chi connectivity index (χ2n) is 8.10. The van der Waals surface area contributed by atoms with Crippen LogP contribution >= 0.6 is 0 Å². The van der Waals surface area contributed by atoms with Crippen LogP contribution in [-0.2, 0) is 12.0 Å². The molecule has 1 fully saturated rings. The van der Waals surface area contributed by atoms with Gasteiger partial charge in [-0.25, -0.2) is 9.97 Å². The average molecular weight is 402 g/mol. The first-order chi connectivity index (χ1) is 14.6. The van der Waals surface area contributed by atoms with Gasteiger partial charge in [-0.1, -0.05) is 36.4 Å². The lowest BCUT2D eigenvalue weighted by Crippen LogP contribution is -2.40. The number of fused-ring (bicyclic) bond motifs is 3. The molecule has 1 aromatic heterocycles. The third-order valence-electron chi connectivity index (χ3n) is 6.47. The van der Waals surface area contributed by atoms with Gasteiger partial charge in [0.2, 0.25) is 0 Å². The van der Waals surface area contributed by atoms with E-state index in [2.05, 4.69) is 46.3 Å². The number of anilines is 1. The molecule has 2 aliphatic rings. The summed E-state index contributed by atoms with van der Waals surface area (Å²) < 4.78 is 10.8. The highest BCUT2D eigenvalue weighted by Gasteiger charge is 2.37. The van der Waals surface area contributed by atoms with E-state index in [1.54, 1.807) is 14.2 Å². The van der Waals surface area contributed by atoms with Crippen molar-refractivity contribution >= 4 is 22.8 Å². The highest BCUT2D eigenvalue weighted by Crippen LogP contribution is 2.43. The number of methoxy groups -OCH3 is 2. The fourth-order valence-corrected chi connectivity index (χ4v) is 4.78. The van der Waals surface area contributed by atoms with Gasteiger partial charge < -0.3 is 15.2 Å². The van der Waals surface area contributed by atoms with Gasteiger partial charge >= 0.3 is 0 Å². The summed E-state index contributed by atoms with van der Waals surface area (Å²) in [6.45, 7) is 2.70. The summed E-state index contributed by atoms with van der Waals surface area (Å²) in [6.07, 6.45) is 6.89. The second-order valence-corrected chi connectivity index (χ2v) is 8.10. The van der Waals surface area contributed by atoms with Crippen molar-refractivity contribution in [1.82, 2.24) is 14.9 Å². The minimum Gasteiger partial charge on any atom is -0.493 e. The molecule has 0 saturated carbocycles. The van der Waals surface area contributed by atoms with Crippen LogP contribution in [0.25, 0.3) is 17.0 Å². The minimum absolute atomic E-state index is 0.181. The SMILES string of the molecule is COc1cc2nc(CN3CCC4(C=Cc5ccccc54)CC3)nc(N)c2cc1OC. The number of hydrogen-bond donors (Lipinski definition) is 1. The summed E-state index contributed by atoms with van der Waals surface area (Å²) in [5.74, 6) is 2.47. The van der Waals surface area contributed by atoms with Crippen LogP contribution in [0.2, 0.25) is 0 Å². The van der Waals surface area contributed by atoms with Crippen molar-refractivity contribution in [1.29, 1.82) is 0 Å². The van der Waals surface area contributed by atoms with E-state index < -0.39 is 0 Å². The summed E-state index contributed by atoms with van der Waals surface area (Å²) in [7, 11) is 3.23. The number of nitrogens with zero attached hydrogens (tertiary/aromatic N) is 3. The topological polar surface area (TPSA) is 73.5 Å². The zero-order valence-corrected chi connectivity index (χ0v) is 17.4. The Kier molecular flexibility index (Phi) is 4.59. The highest BCUT2D eigenvalue weighted by atomic mass is 16.5. The maximum absolute atomic E-state index is 6.25. The molecule has 0 atom stereocenters. The third-order valence-corrected chi connectivity index (χ3v) is 6.47. The largest absolute Gasteiger partial charge is 0.493 e. The van der Waals surface area contributed by atoms with Crippen LogP contribution in [0.4, 0.5) is 5.82 Å². The lowest BCUT2D eigenvalue weighted by atomic mass is 9.74. The Hall–Kier alpha value is -3.12. The van der Waals surface area contributed by atoms with E-state index >= 15 is 0 Å². The number of ether oxygens (including phenoxy) is 2. The molecule has 0 bridgehead atoms. The molecule has 30 heavy (non-hydrogen) atoms. The number of piperidine rings is 1. The number of benzene rings is 2. The molecule has 1 saturated heterocycles. The average Bonchev–Trinajstić information content (AvgIpc) is 3.13. The Labute approximate surface area is 176 Å². The molecule has 6 heteroatoms. The monoisotopic (exact) mass is 402 g/mol. The van der Waals surface area contributed by atoms with Gasteiger partial charge in [-0.2, -0.15) is 0 Å². The lowest BCUT2D eigenvalue weighted by molar-refractivity contribution is 0.174. The number of nitrogen functional groups attached to an aromatic ring is 1. The molecule has 0 radical (unpaired) electrons. The number of hydrogen-bond acceptors (Lipinski definition) is 6. The van der Waals surface area contributed by atoms with E-state index in [0.29, 0.717) is 23.9 Å². The summed E-state index contributed by atoms with van der Waals surface area (Å²) in [6, 6.07) is 12.4. The molecule has 1 aliphatic carbocycles. The van der Waals surface area contributed by atoms with Crippen LogP contribution in [0.1, 0.15) is 29.8 Å². The Morgan fingerprint density at radius 3 is 2.53 bits per heavy atom. The van der Waals surface area contributed by atoms with E-state index in [9.17, 15) is 0 Å². The smallest absolute Gasteiger partial charge is 0.162 e. The second kappa shape index (κ2) is 7.29. The van der Waals surface area contributed by atoms with Gasteiger partial charge in [0.15, 0.2) is 11.5 Å². The van der Waals surface area contributed by atoms with E-state index in [0.717, 1.165) is 42.7 Å². The first kappa shape index (κ1) is 18.9. The maximum Gasteiger partial charge on any atom is 0.162 e. The zero-order valence-electron chi connectivity index (χ0n) is 17.4. The van der Waals surface area contributed by atoms with Crippen molar-refractivity contribution in [3.63, 3.8) is 0 Å². The molecule has 2 heterocycles. The molecule has 0 amide bonds. The number of rotatable bonds is 4. The van der Waals surface area contributed by atoms with Crippen molar-refractivity contribution in [2.75, 3.05) is 33.0 Å². The van der Waals surface area contributed by atoms with Crippen LogP contribution in [0.3, 0.4) is 0 Å². The first-order valence-electron chi connectivity index (χ1n) is 10.3. The van der Waals surface area contributed by atoms with Crippen molar-refractivity contribution in [2.24, 2.45) is 0 Å². The maximum atomic E-state index is 6.25. The predicted molar refractivity (Wildman–Crippen MR) is 119 cm³/mol. The van der Waals surface area contributed by atoms with Gasteiger partial charge in [-0.15, -0.1) is 0 Å². The van der Waals surface area contributed by atoms with Crippen molar-refractivity contribution in [2.45, 2.75) is 24.8 Å². The van der Waals surface area contributed by atoms with Crippen LogP contribution < -0.4 is 15.2 Å². The molecule has 1 spiro atoms. The van der Waals surface area contributed by atoms with Crippen LogP contribution in [0.5, 0.6) is 11.5 Å². The van der Waals surface area contributed by atoms with Crippen molar-refractivity contribution < 1.29 is 9.47 Å². The molecule has 2 aromatic carbocycles. The van der Waals surface area contributed by atoms with Crippen molar-refractivity contribution in [3.8, 4) is 11.5 Å². The van der Waals surface area contributed by atoms with E-state index in [4.69, 9.17) is 20.2 Å². The van der Waals surface area contributed by atoms with Gasteiger partial charge in [0.1, 0.15) is 11.6 Å². The van der Waals surface area contributed by atoms with E-state index in [1.165, 1.54) is 11.1 Å². The Morgan fingerprint density at radius 2 is 1.77 bits per heavy atom. The standard InChI is InChI=1S/C24H26N4O2/c1-29-20-13-17-19(14-21(20)30-2)26-22(27-23(17)25)15-28-11-9-24(10-12-28)8-7-16-5-3-4-6-18(16)24/h3-8,13-14H,9-12,15H2,1-2H3,(H2,25,26,27). The third kappa shape index (κ3) is 3.08. The highest BCUT2D eigenvalue weighted by molar-refractivity contribution is 5.90. The summed E-state index contributed by atoms with van der Waals surface area (Å²) >= 11 is 0. The minimum atomic E-state index is 0.181. The van der Waals surface area contributed by atoms with Crippen LogP contribution in [0.15, 0.2) is 42.5 Å². The zero-order chi connectivity index (χ0) is 20.7. The lowest BCUT2D eigenvalue weighted by Gasteiger charge is -2.39. The molecular formula is C24H26N4O2. The molecule has 3 aromatic rings. The van der Waals surface area contributed by atoms with E-state index in [-0.39, 0.29) is 5.41 Å². The molecule has 154 valence electrons. The Bertz CT molecular complexity index is 1130. The number of allylic oxidation sites excluding steroid dienone is 1. The molecule has 0 unspecified atom stereocenters. The fraction of sp³-hybridized carbons (Fsp3) is 0.333. The summed E-state index contributed by atoms with van der Waals surface area (Å²) in [5.41, 5.74) is 10.0. The van der Waals surface area contributed by atoms with Gasteiger partial charge in [0.05, 0.1) is 26.3 Å². The molecule has 5 rings (SSSR count). The molecule has 6 nitrogen and oxygen atoms in total. The number of aromatic nitrogens is 2. The van der Waals surface area contributed by atoms with Gasteiger partial charge in [0.25, 0.3) is 0 Å². The Balaban J connectivity index is 1.35. The van der Waals surface area contributed by atoms with Crippen molar-refractivity contribution in [3.05, 3.63) is 59.4 Å². The number of nitrogens with two attached hydrogens (primary N) is 1. The molecular weight excluding hydrogens is 376 g/mol. The molecule has 2 N–H and O–H groups in total. The van der Waals surface area contributed by atoms with Gasteiger partial charge in [0, 0.05) is 16.9 Å². The fourth-order valence-electron chi connectivity index (χ4n) is 4.78. The number of likely N-dealkylation sites (tertiary alicyclic amines) is 1. The summed E-state index contributed by atoms with van der Waals surface area (Å²) in [5, 5.41) is 0.779. The quantitative estimate of drug-likeness (QED) is 0.716. The predicted octanol–water partition coefficient (Wildman–Crippen LogP) is 3.79. The first-order valence-corrected chi connectivity index (χ1v) is 10.3. The molecule has 1 aliphatic heterocycles. The van der Waals surface area contributed by atoms with Gasteiger partial charge in [-0.3, -0.25) is 4.90 Å². The van der Waals surface area contributed by atoms with Gasteiger partial charge in [-0.05, 0) is 43.1 Å². The Morgan fingerprint density at radius 1 is 1.03 bits per heavy atom. The summed E-state index contributed by atoms with van der Waals surface area (Å²) in [4.78, 5) is 11.7. The normalized spacial score (nSPS) is 17.4.